The molecule has 0 bridgehead atoms. The molecule has 0 saturated carbocycles. The number of nitrogens with zero attached hydrogens (tertiary/aromatic N) is 2. The van der Waals surface area contributed by atoms with Crippen molar-refractivity contribution in [2.24, 2.45) is 5.73 Å². The monoisotopic (exact) mass is 405 g/mol. The second-order valence-corrected chi connectivity index (χ2v) is 6.42. The molecule has 0 amide bonds. The van der Waals surface area contributed by atoms with Gasteiger partial charge in [0.15, 0.2) is 0 Å². The topological polar surface area (TPSA) is 43.8 Å². The molecule has 0 aliphatic rings. The van der Waals surface area contributed by atoms with Crippen LogP contribution in [-0.2, 0) is 6.54 Å². The molecular weight excluding hydrogens is 393 g/mol. The maximum atomic E-state index is 6.37. The van der Waals surface area contributed by atoms with E-state index in [1.54, 1.807) is 6.20 Å². The zero-order valence-corrected chi connectivity index (χ0v) is 14.3. The fraction of sp³-hybridized carbons (Fsp3) is 0.308. The first kappa shape index (κ1) is 15.0. The number of hydrogen-bond acceptors (Lipinski definition) is 2. The van der Waals surface area contributed by atoms with Gasteiger partial charge in [0.25, 0.3) is 0 Å². The Bertz CT molecular complexity index is 583. The first-order valence-corrected chi connectivity index (χ1v) is 7.92. The van der Waals surface area contributed by atoms with Crippen molar-refractivity contribution in [2.45, 2.75) is 25.9 Å². The summed E-state index contributed by atoms with van der Waals surface area (Å²) in [7, 11) is 0. The zero-order valence-electron chi connectivity index (χ0n) is 10.4. The second-order valence-electron chi connectivity index (χ2n) is 4.24. The summed E-state index contributed by atoms with van der Waals surface area (Å²) >= 11 is 13.2. The molecule has 0 aliphatic heterocycles. The molecule has 2 rings (SSSR count). The first-order chi connectivity index (χ1) is 9.04. The van der Waals surface area contributed by atoms with Gasteiger partial charge < -0.3 is 5.73 Å². The van der Waals surface area contributed by atoms with Crippen LogP contribution in [0.4, 0.5) is 0 Å². The van der Waals surface area contributed by atoms with E-state index in [1.807, 2.05) is 22.9 Å². The Kier molecular flexibility index (Phi) is 5.06. The van der Waals surface area contributed by atoms with E-state index in [4.69, 9.17) is 17.3 Å². The highest BCUT2D eigenvalue weighted by Crippen LogP contribution is 2.32. The number of hydrogen-bond donors (Lipinski definition) is 1. The molecular formula is C13H14Br2ClN3. The molecule has 1 atom stereocenters. The van der Waals surface area contributed by atoms with E-state index in [0.717, 1.165) is 33.2 Å². The van der Waals surface area contributed by atoms with Crippen LogP contribution in [0.1, 0.15) is 30.6 Å². The summed E-state index contributed by atoms with van der Waals surface area (Å²) < 4.78 is 3.82. The molecule has 0 spiro atoms. The minimum Gasteiger partial charge on any atom is -0.319 e. The fourth-order valence-electron chi connectivity index (χ4n) is 1.97. The molecule has 19 heavy (non-hydrogen) atoms. The van der Waals surface area contributed by atoms with E-state index >= 15 is 0 Å². The third kappa shape index (κ3) is 3.21. The van der Waals surface area contributed by atoms with Crippen molar-refractivity contribution in [2.75, 3.05) is 0 Å². The maximum absolute atomic E-state index is 6.37. The Morgan fingerprint density at radius 3 is 2.84 bits per heavy atom. The highest BCUT2D eigenvalue weighted by Gasteiger charge is 2.20. The highest BCUT2D eigenvalue weighted by molar-refractivity contribution is 9.11. The number of aryl methyl sites for hydroxylation is 1. The van der Waals surface area contributed by atoms with E-state index in [0.29, 0.717) is 5.02 Å². The molecule has 6 heteroatoms. The molecule has 1 aromatic carbocycles. The molecule has 2 aromatic rings. The number of benzene rings is 1. The first-order valence-electron chi connectivity index (χ1n) is 5.96. The van der Waals surface area contributed by atoms with Gasteiger partial charge in [-0.1, -0.05) is 50.4 Å². The lowest BCUT2D eigenvalue weighted by Crippen LogP contribution is -2.18. The van der Waals surface area contributed by atoms with E-state index in [9.17, 15) is 0 Å². The van der Waals surface area contributed by atoms with Crippen LogP contribution >= 0.6 is 43.5 Å². The van der Waals surface area contributed by atoms with Crippen molar-refractivity contribution in [3.63, 3.8) is 0 Å². The molecule has 0 saturated heterocycles. The molecule has 1 heterocycles. The van der Waals surface area contributed by atoms with Crippen LogP contribution in [0, 0.1) is 0 Å². The minimum absolute atomic E-state index is 0.312. The van der Waals surface area contributed by atoms with Gasteiger partial charge in [-0.25, -0.2) is 0 Å². The van der Waals surface area contributed by atoms with Crippen molar-refractivity contribution in [3.8, 4) is 0 Å². The Morgan fingerprint density at radius 2 is 2.16 bits per heavy atom. The quantitative estimate of drug-likeness (QED) is 0.810. The van der Waals surface area contributed by atoms with Gasteiger partial charge in [-0.3, -0.25) is 4.68 Å². The fourth-order valence-corrected chi connectivity index (χ4v) is 3.10. The summed E-state index contributed by atoms with van der Waals surface area (Å²) in [6.45, 7) is 2.90. The van der Waals surface area contributed by atoms with Crippen LogP contribution in [-0.4, -0.2) is 9.78 Å². The number of nitrogens with two attached hydrogens (primary N) is 1. The third-order valence-electron chi connectivity index (χ3n) is 2.86. The molecule has 0 aliphatic carbocycles. The Balaban J connectivity index is 2.46. The van der Waals surface area contributed by atoms with Gasteiger partial charge in [0.1, 0.15) is 0 Å². The van der Waals surface area contributed by atoms with Crippen LogP contribution in [0.3, 0.4) is 0 Å². The van der Waals surface area contributed by atoms with Crippen molar-refractivity contribution in [1.29, 1.82) is 0 Å². The molecule has 3 nitrogen and oxygen atoms in total. The standard InChI is InChI=1S/C13H14Br2ClN3/c1-2-5-19-13(11(16)7-18-19)12(17)9-6-8(14)3-4-10(9)15/h3-4,6-7,12H,2,5,17H2,1H3. The summed E-state index contributed by atoms with van der Waals surface area (Å²) in [6.07, 6.45) is 2.63. The number of aromatic nitrogens is 2. The van der Waals surface area contributed by atoms with Crippen molar-refractivity contribution in [3.05, 3.63) is 49.6 Å². The number of rotatable bonds is 4. The molecule has 2 N–H and O–H groups in total. The smallest absolute Gasteiger partial charge is 0.0837 e. The SMILES string of the molecule is CCCn1ncc(Cl)c1C(N)c1cc(Br)ccc1Br. The average molecular weight is 408 g/mol. The van der Waals surface area contributed by atoms with E-state index < -0.39 is 0 Å². The lowest BCUT2D eigenvalue weighted by atomic mass is 10.0. The summed E-state index contributed by atoms with van der Waals surface area (Å²) in [5.41, 5.74) is 8.20. The molecule has 1 aromatic heterocycles. The van der Waals surface area contributed by atoms with Crippen LogP contribution in [0.5, 0.6) is 0 Å². The molecule has 1 unspecified atom stereocenters. The maximum Gasteiger partial charge on any atom is 0.0837 e. The molecule has 102 valence electrons. The Morgan fingerprint density at radius 1 is 1.42 bits per heavy atom. The van der Waals surface area contributed by atoms with Gasteiger partial charge in [-0.2, -0.15) is 5.10 Å². The third-order valence-corrected chi connectivity index (χ3v) is 4.36. The molecule has 0 fully saturated rings. The van der Waals surface area contributed by atoms with E-state index in [1.165, 1.54) is 0 Å². The van der Waals surface area contributed by atoms with Gasteiger partial charge in [-0.15, -0.1) is 0 Å². The van der Waals surface area contributed by atoms with Crippen LogP contribution in [0.25, 0.3) is 0 Å². The normalized spacial score (nSPS) is 12.7. The van der Waals surface area contributed by atoms with Gasteiger partial charge in [0, 0.05) is 15.5 Å². The predicted octanol–water partition coefficient (Wildman–Crippen LogP) is 4.52. The van der Waals surface area contributed by atoms with Gasteiger partial charge in [-0.05, 0) is 30.2 Å². The predicted molar refractivity (Wildman–Crippen MR) is 85.4 cm³/mol. The molecule has 0 radical (unpaired) electrons. The summed E-state index contributed by atoms with van der Waals surface area (Å²) in [6, 6.07) is 5.61. The summed E-state index contributed by atoms with van der Waals surface area (Å²) in [5.74, 6) is 0. The zero-order chi connectivity index (χ0) is 14.0. The minimum atomic E-state index is -0.312. The lowest BCUT2D eigenvalue weighted by molar-refractivity contribution is 0.559. The van der Waals surface area contributed by atoms with Crippen LogP contribution in [0.2, 0.25) is 5.02 Å². The Labute approximate surface area is 134 Å². The highest BCUT2D eigenvalue weighted by atomic mass is 79.9. The number of halogens is 3. The lowest BCUT2D eigenvalue weighted by Gasteiger charge is -2.17. The van der Waals surface area contributed by atoms with Crippen molar-refractivity contribution >= 4 is 43.5 Å². The van der Waals surface area contributed by atoms with E-state index in [-0.39, 0.29) is 6.04 Å². The van der Waals surface area contributed by atoms with Gasteiger partial charge >= 0.3 is 0 Å². The second kappa shape index (κ2) is 6.39. The van der Waals surface area contributed by atoms with Gasteiger partial charge in [0.2, 0.25) is 0 Å². The largest absolute Gasteiger partial charge is 0.319 e. The van der Waals surface area contributed by atoms with Crippen molar-refractivity contribution < 1.29 is 0 Å². The Hall–Kier alpha value is -0.360. The average Bonchev–Trinajstić information content (AvgIpc) is 2.73. The van der Waals surface area contributed by atoms with Gasteiger partial charge in [0.05, 0.1) is 23.0 Å². The summed E-state index contributed by atoms with van der Waals surface area (Å²) in [4.78, 5) is 0. The van der Waals surface area contributed by atoms with Crippen molar-refractivity contribution in [1.82, 2.24) is 9.78 Å². The van der Waals surface area contributed by atoms with Crippen LogP contribution < -0.4 is 5.73 Å². The van der Waals surface area contributed by atoms with Crippen LogP contribution in [0.15, 0.2) is 33.3 Å². The summed E-state index contributed by atoms with van der Waals surface area (Å²) in [5, 5.41) is 4.89. The van der Waals surface area contributed by atoms with E-state index in [2.05, 4.69) is 43.9 Å².